The Bertz CT molecular complexity index is 364. The molecule has 0 aliphatic carbocycles. The van der Waals surface area contributed by atoms with Gasteiger partial charge in [-0.05, 0) is 36.9 Å². The van der Waals surface area contributed by atoms with Gasteiger partial charge in [-0.25, -0.2) is 0 Å². The van der Waals surface area contributed by atoms with Gasteiger partial charge < -0.3 is 10.1 Å². The van der Waals surface area contributed by atoms with E-state index in [9.17, 15) is 0 Å². The van der Waals surface area contributed by atoms with Gasteiger partial charge in [-0.1, -0.05) is 52.0 Å². The lowest BCUT2D eigenvalue weighted by atomic mass is 9.86. The molecule has 0 heterocycles. The minimum atomic E-state index is 0.186. The number of hydrogen-bond acceptors (Lipinski definition) is 2. The van der Waals surface area contributed by atoms with Gasteiger partial charge in [-0.3, -0.25) is 0 Å². The smallest absolute Gasteiger partial charge is 0.0741 e. The number of likely N-dealkylation sites (N-methyl/N-ethyl adjacent to an activating group) is 1. The predicted molar refractivity (Wildman–Crippen MR) is 82.6 cm³/mol. The van der Waals surface area contributed by atoms with Crippen molar-refractivity contribution in [3.8, 4) is 0 Å². The number of hydrogen-bond donors (Lipinski definition) is 1. The first-order valence-corrected chi connectivity index (χ1v) is 7.35. The molecule has 0 radical (unpaired) electrons. The van der Waals surface area contributed by atoms with E-state index >= 15 is 0 Å². The lowest BCUT2D eigenvalue weighted by Gasteiger charge is -2.26. The molecular weight excluding hydrogens is 234 g/mol. The van der Waals surface area contributed by atoms with E-state index in [0.29, 0.717) is 0 Å². The van der Waals surface area contributed by atoms with Crippen LogP contribution in [0.3, 0.4) is 0 Å². The summed E-state index contributed by atoms with van der Waals surface area (Å²) in [6, 6.07) is 9.18. The van der Waals surface area contributed by atoms with E-state index in [2.05, 4.69) is 64.2 Å². The summed E-state index contributed by atoms with van der Waals surface area (Å²) in [6.45, 7) is 14.7. The second-order valence-electron chi connectivity index (χ2n) is 6.07. The van der Waals surface area contributed by atoms with E-state index in [1.807, 2.05) is 6.92 Å². The molecule has 2 atom stereocenters. The Hall–Kier alpha value is -0.860. The topological polar surface area (TPSA) is 21.3 Å². The van der Waals surface area contributed by atoms with Crippen LogP contribution in [0, 0.1) is 0 Å². The number of benzene rings is 1. The average Bonchev–Trinajstić information content (AvgIpc) is 2.35. The van der Waals surface area contributed by atoms with Crippen molar-refractivity contribution in [1.29, 1.82) is 0 Å². The van der Waals surface area contributed by atoms with Crippen molar-refractivity contribution >= 4 is 0 Å². The van der Waals surface area contributed by atoms with Gasteiger partial charge in [0.25, 0.3) is 0 Å². The largest absolute Gasteiger partial charge is 0.377 e. The third kappa shape index (κ3) is 4.63. The van der Waals surface area contributed by atoms with Gasteiger partial charge in [0.2, 0.25) is 0 Å². The Kier molecular flexibility index (Phi) is 6.02. The van der Waals surface area contributed by atoms with Crippen molar-refractivity contribution in [3.63, 3.8) is 0 Å². The molecule has 2 nitrogen and oxygen atoms in total. The van der Waals surface area contributed by atoms with Crippen LogP contribution in [-0.4, -0.2) is 19.3 Å². The molecule has 1 aromatic carbocycles. The number of rotatable bonds is 6. The fourth-order valence-electron chi connectivity index (χ4n) is 2.32. The standard InChI is InChI=1S/C17H29NO/c1-7-18-16(13(3)19-8-2)14-9-11-15(12-10-14)17(4,5)6/h9-13,16,18H,7-8H2,1-6H3. The van der Waals surface area contributed by atoms with Crippen molar-refractivity contribution in [2.75, 3.05) is 13.2 Å². The van der Waals surface area contributed by atoms with Crippen LogP contribution < -0.4 is 5.32 Å². The zero-order chi connectivity index (χ0) is 14.5. The first-order valence-electron chi connectivity index (χ1n) is 7.35. The van der Waals surface area contributed by atoms with Gasteiger partial charge in [0.05, 0.1) is 12.1 Å². The maximum atomic E-state index is 5.75. The van der Waals surface area contributed by atoms with Gasteiger partial charge in [0.1, 0.15) is 0 Å². The van der Waals surface area contributed by atoms with Crippen molar-refractivity contribution in [3.05, 3.63) is 35.4 Å². The summed E-state index contributed by atoms with van der Waals surface area (Å²) in [6.07, 6.45) is 0.186. The molecule has 2 unspecified atom stereocenters. The summed E-state index contributed by atoms with van der Waals surface area (Å²) in [4.78, 5) is 0. The zero-order valence-electron chi connectivity index (χ0n) is 13.3. The molecule has 0 bridgehead atoms. The summed E-state index contributed by atoms with van der Waals surface area (Å²) in [7, 11) is 0. The summed E-state index contributed by atoms with van der Waals surface area (Å²) in [5, 5.41) is 3.52. The Morgan fingerprint density at radius 3 is 2.11 bits per heavy atom. The minimum Gasteiger partial charge on any atom is -0.377 e. The maximum absolute atomic E-state index is 5.75. The molecule has 108 valence electrons. The van der Waals surface area contributed by atoms with Gasteiger partial charge in [0, 0.05) is 6.61 Å². The van der Waals surface area contributed by atoms with E-state index in [0.717, 1.165) is 13.2 Å². The fraction of sp³-hybridized carbons (Fsp3) is 0.647. The fourth-order valence-corrected chi connectivity index (χ4v) is 2.32. The Balaban J connectivity index is 2.91. The maximum Gasteiger partial charge on any atom is 0.0741 e. The van der Waals surface area contributed by atoms with E-state index in [1.54, 1.807) is 0 Å². The first kappa shape index (κ1) is 16.2. The van der Waals surface area contributed by atoms with Gasteiger partial charge in [0.15, 0.2) is 0 Å². The SMILES string of the molecule is CCNC(c1ccc(C(C)(C)C)cc1)C(C)OCC. The highest BCUT2D eigenvalue weighted by molar-refractivity contribution is 5.29. The van der Waals surface area contributed by atoms with E-state index < -0.39 is 0 Å². The van der Waals surface area contributed by atoms with Crippen molar-refractivity contribution in [2.45, 2.75) is 59.1 Å². The van der Waals surface area contributed by atoms with Crippen LogP contribution in [0.2, 0.25) is 0 Å². The monoisotopic (exact) mass is 263 g/mol. The lowest BCUT2D eigenvalue weighted by molar-refractivity contribution is 0.0476. The highest BCUT2D eigenvalue weighted by Crippen LogP contribution is 2.25. The Morgan fingerprint density at radius 1 is 1.11 bits per heavy atom. The molecule has 1 N–H and O–H groups in total. The normalized spacial score (nSPS) is 15.3. The van der Waals surface area contributed by atoms with E-state index in [4.69, 9.17) is 4.74 Å². The van der Waals surface area contributed by atoms with Gasteiger partial charge >= 0.3 is 0 Å². The summed E-state index contributed by atoms with van der Waals surface area (Å²) in [5.74, 6) is 0. The van der Waals surface area contributed by atoms with Gasteiger partial charge in [-0.2, -0.15) is 0 Å². The van der Waals surface area contributed by atoms with Crippen LogP contribution in [0.5, 0.6) is 0 Å². The van der Waals surface area contributed by atoms with Crippen LogP contribution in [0.15, 0.2) is 24.3 Å². The van der Waals surface area contributed by atoms with Crippen LogP contribution in [-0.2, 0) is 10.2 Å². The second-order valence-corrected chi connectivity index (χ2v) is 6.07. The molecule has 0 aliphatic rings. The molecule has 0 saturated heterocycles. The molecule has 0 aliphatic heterocycles. The molecule has 0 aromatic heterocycles. The van der Waals surface area contributed by atoms with Crippen LogP contribution in [0.4, 0.5) is 0 Å². The summed E-state index contributed by atoms with van der Waals surface area (Å²) < 4.78 is 5.75. The highest BCUT2D eigenvalue weighted by atomic mass is 16.5. The van der Waals surface area contributed by atoms with Gasteiger partial charge in [-0.15, -0.1) is 0 Å². The van der Waals surface area contributed by atoms with Crippen molar-refractivity contribution < 1.29 is 4.74 Å². The molecule has 1 rings (SSSR count). The summed E-state index contributed by atoms with van der Waals surface area (Å²) in [5.41, 5.74) is 2.88. The first-order chi connectivity index (χ1) is 8.90. The predicted octanol–water partition coefficient (Wildman–Crippen LogP) is 4.06. The molecule has 1 aromatic rings. The Morgan fingerprint density at radius 2 is 1.68 bits per heavy atom. The third-order valence-corrected chi connectivity index (χ3v) is 3.46. The lowest BCUT2D eigenvalue weighted by Crippen LogP contribution is -2.32. The zero-order valence-corrected chi connectivity index (χ0v) is 13.3. The highest BCUT2D eigenvalue weighted by Gasteiger charge is 2.20. The summed E-state index contributed by atoms with van der Waals surface area (Å²) >= 11 is 0. The average molecular weight is 263 g/mol. The minimum absolute atomic E-state index is 0.186. The van der Waals surface area contributed by atoms with Crippen molar-refractivity contribution in [2.24, 2.45) is 0 Å². The molecule has 0 amide bonds. The molecule has 0 fully saturated rings. The molecule has 19 heavy (non-hydrogen) atoms. The number of ether oxygens (including phenoxy) is 1. The van der Waals surface area contributed by atoms with Crippen LogP contribution in [0.25, 0.3) is 0 Å². The third-order valence-electron chi connectivity index (χ3n) is 3.46. The molecule has 0 saturated carbocycles. The van der Waals surface area contributed by atoms with Crippen LogP contribution >= 0.6 is 0 Å². The molecule has 2 heteroatoms. The quantitative estimate of drug-likeness (QED) is 0.835. The molecular formula is C17H29NO. The van der Waals surface area contributed by atoms with Crippen molar-refractivity contribution in [1.82, 2.24) is 5.32 Å². The number of nitrogens with one attached hydrogen (secondary N) is 1. The Labute approximate surface area is 118 Å². The van der Waals surface area contributed by atoms with Crippen LogP contribution in [0.1, 0.15) is 58.7 Å². The molecule has 0 spiro atoms. The second kappa shape index (κ2) is 7.06. The van der Waals surface area contributed by atoms with E-state index in [1.165, 1.54) is 11.1 Å². The van der Waals surface area contributed by atoms with E-state index in [-0.39, 0.29) is 17.6 Å².